The lowest BCUT2D eigenvalue weighted by Crippen LogP contribution is -2.45. The molecule has 1 atom stereocenters. The van der Waals surface area contributed by atoms with Crippen LogP contribution in [0.25, 0.3) is 0 Å². The van der Waals surface area contributed by atoms with Crippen LogP contribution in [0.4, 0.5) is 0 Å². The number of rotatable bonds is 12. The molecule has 8 heteroatoms. The van der Waals surface area contributed by atoms with Gasteiger partial charge in [0.05, 0.1) is 31.2 Å². The maximum absolute atomic E-state index is 13.3. The van der Waals surface area contributed by atoms with Crippen LogP contribution in [0.15, 0.2) is 53.1 Å². The third-order valence-electron chi connectivity index (χ3n) is 5.39. The average Bonchev–Trinajstić information content (AvgIpc) is 3.45. The number of unbranched alkanes of at least 4 members (excludes halogenated alkanes) is 1. The van der Waals surface area contributed by atoms with E-state index in [9.17, 15) is 13.2 Å². The summed E-state index contributed by atoms with van der Waals surface area (Å²) >= 11 is 0. The summed E-state index contributed by atoms with van der Waals surface area (Å²) in [4.78, 5) is 14.9. The molecule has 170 valence electrons. The first kappa shape index (κ1) is 23.5. The van der Waals surface area contributed by atoms with Crippen LogP contribution >= 0.6 is 0 Å². The average molecular weight is 449 g/mol. The number of ether oxygens (including phenoxy) is 1. The second-order valence-corrected chi connectivity index (χ2v) is 9.89. The third kappa shape index (κ3) is 7.19. The molecule has 1 saturated heterocycles. The van der Waals surface area contributed by atoms with E-state index in [4.69, 9.17) is 9.15 Å². The van der Waals surface area contributed by atoms with Crippen molar-refractivity contribution in [1.29, 1.82) is 0 Å². The molecule has 0 saturated carbocycles. The van der Waals surface area contributed by atoms with Crippen molar-refractivity contribution in [2.75, 3.05) is 26.2 Å². The van der Waals surface area contributed by atoms with Gasteiger partial charge in [-0.2, -0.15) is 4.31 Å². The molecule has 31 heavy (non-hydrogen) atoms. The Hall–Kier alpha value is -2.16. The minimum atomic E-state index is -3.63. The van der Waals surface area contributed by atoms with Crippen LogP contribution in [-0.2, 0) is 31.9 Å². The second kappa shape index (κ2) is 11.5. The summed E-state index contributed by atoms with van der Waals surface area (Å²) in [5, 5.41) is 0. The summed E-state index contributed by atoms with van der Waals surface area (Å²) in [6.07, 6.45) is 4.96. The number of sulfonamides is 1. The standard InChI is InChI=1S/C23H32N2O5S/c1-2-3-13-25(31(27,28)19-20-9-5-4-6-10-20)18-23(26)24(16-21-11-7-14-29-21)17-22-12-8-15-30-22/h4-7,9-11,14,22H,2-3,8,12-13,15-19H2,1H3/t22-/m1/s1. The molecular formula is C23H32N2O5S. The molecule has 1 aliphatic rings. The Balaban J connectivity index is 1.73. The fraction of sp³-hybridized carbons (Fsp3) is 0.522. The molecule has 1 aromatic heterocycles. The normalized spacial score (nSPS) is 16.6. The number of benzene rings is 1. The number of carbonyl (C=O) groups is 1. The highest BCUT2D eigenvalue weighted by molar-refractivity contribution is 7.88. The van der Waals surface area contributed by atoms with Gasteiger partial charge in [-0.1, -0.05) is 43.7 Å². The molecule has 1 aromatic carbocycles. The Morgan fingerprint density at radius 2 is 1.97 bits per heavy atom. The Labute approximate surface area is 185 Å². The van der Waals surface area contributed by atoms with Gasteiger partial charge in [-0.3, -0.25) is 4.79 Å². The first-order valence-electron chi connectivity index (χ1n) is 10.9. The monoisotopic (exact) mass is 448 g/mol. The van der Waals surface area contributed by atoms with Gasteiger partial charge >= 0.3 is 0 Å². The van der Waals surface area contributed by atoms with E-state index < -0.39 is 10.0 Å². The molecule has 7 nitrogen and oxygen atoms in total. The minimum absolute atomic E-state index is 0.0241. The number of amides is 1. The van der Waals surface area contributed by atoms with E-state index in [0.29, 0.717) is 44.0 Å². The summed E-state index contributed by atoms with van der Waals surface area (Å²) in [5.41, 5.74) is 0.711. The molecule has 2 heterocycles. The predicted molar refractivity (Wildman–Crippen MR) is 119 cm³/mol. The van der Waals surface area contributed by atoms with Gasteiger partial charge in [0.15, 0.2) is 0 Å². The largest absolute Gasteiger partial charge is 0.467 e. The van der Waals surface area contributed by atoms with Crippen molar-refractivity contribution in [2.45, 2.75) is 51.0 Å². The van der Waals surface area contributed by atoms with Gasteiger partial charge < -0.3 is 14.1 Å². The molecular weight excluding hydrogens is 416 g/mol. The maximum Gasteiger partial charge on any atom is 0.238 e. The van der Waals surface area contributed by atoms with E-state index in [2.05, 4.69) is 0 Å². The van der Waals surface area contributed by atoms with E-state index in [1.54, 1.807) is 29.4 Å². The molecule has 2 aromatic rings. The molecule has 0 radical (unpaired) electrons. The lowest BCUT2D eigenvalue weighted by molar-refractivity contribution is -0.134. The SMILES string of the molecule is CCCCN(CC(=O)N(Cc1ccco1)C[C@H]1CCCO1)S(=O)(=O)Cc1ccccc1. The second-order valence-electron chi connectivity index (χ2n) is 7.92. The van der Waals surface area contributed by atoms with Crippen LogP contribution in [0.1, 0.15) is 43.9 Å². The Kier molecular flexibility index (Phi) is 8.69. The number of nitrogens with zero attached hydrogens (tertiary/aromatic N) is 2. The minimum Gasteiger partial charge on any atom is -0.467 e. The quantitative estimate of drug-likeness (QED) is 0.497. The van der Waals surface area contributed by atoms with Gasteiger partial charge in [-0.05, 0) is 37.0 Å². The summed E-state index contributed by atoms with van der Waals surface area (Å²) in [5.74, 6) is 0.313. The molecule has 0 spiro atoms. The zero-order valence-corrected chi connectivity index (χ0v) is 18.9. The van der Waals surface area contributed by atoms with Crippen molar-refractivity contribution in [3.05, 3.63) is 60.1 Å². The van der Waals surface area contributed by atoms with Gasteiger partial charge in [0, 0.05) is 19.7 Å². The zero-order valence-electron chi connectivity index (χ0n) is 18.1. The molecule has 1 amide bonds. The highest BCUT2D eigenvalue weighted by Crippen LogP contribution is 2.17. The Morgan fingerprint density at radius 1 is 1.16 bits per heavy atom. The van der Waals surface area contributed by atoms with E-state index in [-0.39, 0.29) is 24.3 Å². The van der Waals surface area contributed by atoms with Crippen molar-refractivity contribution in [2.24, 2.45) is 0 Å². The number of hydrogen-bond donors (Lipinski definition) is 0. The van der Waals surface area contributed by atoms with Crippen molar-refractivity contribution in [1.82, 2.24) is 9.21 Å². The van der Waals surface area contributed by atoms with Gasteiger partial charge in [0.25, 0.3) is 0 Å². The summed E-state index contributed by atoms with van der Waals surface area (Å²) < 4.78 is 38.7. The van der Waals surface area contributed by atoms with Crippen LogP contribution in [-0.4, -0.2) is 55.9 Å². The molecule has 1 fully saturated rings. The predicted octanol–water partition coefficient (Wildman–Crippen LogP) is 3.42. The maximum atomic E-state index is 13.3. The van der Waals surface area contributed by atoms with Crippen LogP contribution < -0.4 is 0 Å². The number of carbonyl (C=O) groups excluding carboxylic acids is 1. The summed E-state index contributed by atoms with van der Waals surface area (Å²) in [6, 6.07) is 12.7. The van der Waals surface area contributed by atoms with E-state index in [1.807, 2.05) is 31.2 Å². The third-order valence-corrected chi connectivity index (χ3v) is 7.18. The number of hydrogen-bond acceptors (Lipinski definition) is 5. The number of furan rings is 1. The van der Waals surface area contributed by atoms with Crippen LogP contribution in [0.5, 0.6) is 0 Å². The van der Waals surface area contributed by atoms with Crippen molar-refractivity contribution in [3.8, 4) is 0 Å². The van der Waals surface area contributed by atoms with E-state index in [1.165, 1.54) is 4.31 Å². The van der Waals surface area contributed by atoms with E-state index >= 15 is 0 Å². The zero-order chi connectivity index (χ0) is 22.1. The summed E-state index contributed by atoms with van der Waals surface area (Å²) in [7, 11) is -3.63. The first-order valence-corrected chi connectivity index (χ1v) is 12.5. The Morgan fingerprint density at radius 3 is 2.61 bits per heavy atom. The smallest absolute Gasteiger partial charge is 0.238 e. The van der Waals surface area contributed by atoms with E-state index in [0.717, 1.165) is 19.3 Å². The van der Waals surface area contributed by atoms with Crippen molar-refractivity contribution < 1.29 is 22.4 Å². The van der Waals surface area contributed by atoms with Crippen molar-refractivity contribution >= 4 is 15.9 Å². The molecule has 0 N–H and O–H groups in total. The fourth-order valence-electron chi connectivity index (χ4n) is 3.66. The van der Waals surface area contributed by atoms with Crippen LogP contribution in [0.2, 0.25) is 0 Å². The highest BCUT2D eigenvalue weighted by Gasteiger charge is 2.29. The van der Waals surface area contributed by atoms with Crippen molar-refractivity contribution in [3.63, 3.8) is 0 Å². The van der Waals surface area contributed by atoms with Crippen LogP contribution in [0.3, 0.4) is 0 Å². The van der Waals surface area contributed by atoms with Gasteiger partial charge in [-0.25, -0.2) is 8.42 Å². The molecule has 0 aliphatic carbocycles. The lowest BCUT2D eigenvalue weighted by Gasteiger charge is -2.28. The summed E-state index contributed by atoms with van der Waals surface area (Å²) in [6.45, 7) is 3.58. The lowest BCUT2D eigenvalue weighted by atomic mass is 10.2. The highest BCUT2D eigenvalue weighted by atomic mass is 32.2. The molecule has 1 aliphatic heterocycles. The molecule has 3 rings (SSSR count). The topological polar surface area (TPSA) is 80.1 Å². The first-order chi connectivity index (χ1) is 15.0. The molecule has 0 bridgehead atoms. The van der Waals surface area contributed by atoms with Crippen LogP contribution in [0, 0.1) is 0 Å². The van der Waals surface area contributed by atoms with Gasteiger partial charge in [0.2, 0.25) is 15.9 Å². The Bertz CT molecular complexity index is 893. The van der Waals surface area contributed by atoms with Gasteiger partial charge in [-0.15, -0.1) is 0 Å². The molecule has 0 unspecified atom stereocenters. The van der Waals surface area contributed by atoms with Gasteiger partial charge in [0.1, 0.15) is 5.76 Å². The fourth-order valence-corrected chi connectivity index (χ4v) is 5.17.